The number of ketones is 1. The Morgan fingerprint density at radius 2 is 1.75 bits per heavy atom. The van der Waals surface area contributed by atoms with Gasteiger partial charge in [-0.2, -0.15) is 0 Å². The van der Waals surface area contributed by atoms with Crippen LogP contribution < -0.4 is 10.9 Å². The first-order chi connectivity index (χ1) is 9.43. The zero-order chi connectivity index (χ0) is 15.1. The van der Waals surface area contributed by atoms with Crippen molar-refractivity contribution >= 4 is 11.7 Å². The molecule has 0 aliphatic carbocycles. The Morgan fingerprint density at radius 3 is 2.30 bits per heavy atom. The number of aliphatic hydroxyl groups excluding tert-OH is 3. The monoisotopic (exact) mass is 282 g/mol. The van der Waals surface area contributed by atoms with Crippen LogP contribution >= 0.6 is 0 Å². The molecule has 3 atom stereocenters. The molecule has 0 aliphatic rings. The maximum Gasteiger partial charge on any atom is 0.265 e. The van der Waals surface area contributed by atoms with Crippen LogP contribution in [0.1, 0.15) is 17.3 Å². The Labute approximate surface area is 116 Å². The summed E-state index contributed by atoms with van der Waals surface area (Å²) in [7, 11) is 0. The highest BCUT2D eigenvalue weighted by Crippen LogP contribution is 2.00. The Morgan fingerprint density at radius 1 is 1.15 bits per heavy atom. The molecule has 0 aromatic heterocycles. The maximum atomic E-state index is 11.6. The molecule has 7 nitrogen and oxygen atoms in total. The summed E-state index contributed by atoms with van der Waals surface area (Å²) in [4.78, 5) is 23.1. The highest BCUT2D eigenvalue weighted by atomic mass is 16.4. The number of hydrogen-bond acceptors (Lipinski definition) is 6. The van der Waals surface area contributed by atoms with Crippen LogP contribution in [0.2, 0.25) is 0 Å². The summed E-state index contributed by atoms with van der Waals surface area (Å²) in [6, 6.07) is 8.36. The van der Waals surface area contributed by atoms with Gasteiger partial charge in [-0.1, -0.05) is 18.2 Å². The maximum absolute atomic E-state index is 11.6. The lowest BCUT2D eigenvalue weighted by Gasteiger charge is -2.19. The summed E-state index contributed by atoms with van der Waals surface area (Å²) in [5.41, 5.74) is 5.06. The summed E-state index contributed by atoms with van der Waals surface area (Å²) in [6.45, 7) is 0.884. The van der Waals surface area contributed by atoms with Gasteiger partial charge in [0.1, 0.15) is 12.2 Å². The SMILES string of the molecule is C[C@@H](O)[C@@H](O)[C@H](O)C(=O)CNNC(=O)c1ccccc1. The van der Waals surface area contributed by atoms with Crippen LogP contribution in [0.3, 0.4) is 0 Å². The van der Waals surface area contributed by atoms with Crippen LogP contribution in [-0.2, 0) is 4.79 Å². The van der Waals surface area contributed by atoms with Gasteiger partial charge in [-0.05, 0) is 19.1 Å². The fourth-order valence-corrected chi connectivity index (χ4v) is 1.43. The molecule has 110 valence electrons. The van der Waals surface area contributed by atoms with Gasteiger partial charge < -0.3 is 15.3 Å². The first kappa shape index (κ1) is 16.3. The van der Waals surface area contributed by atoms with Gasteiger partial charge >= 0.3 is 0 Å². The van der Waals surface area contributed by atoms with Crippen molar-refractivity contribution in [3.63, 3.8) is 0 Å². The van der Waals surface area contributed by atoms with E-state index in [0.29, 0.717) is 5.56 Å². The molecule has 1 aromatic carbocycles. The Kier molecular flexibility index (Phi) is 6.26. The van der Waals surface area contributed by atoms with Gasteiger partial charge in [0.05, 0.1) is 12.6 Å². The molecule has 5 N–H and O–H groups in total. The lowest BCUT2D eigenvalue weighted by Crippen LogP contribution is -2.48. The number of hydrogen-bond donors (Lipinski definition) is 5. The second-order valence-electron chi connectivity index (χ2n) is 4.32. The van der Waals surface area contributed by atoms with Gasteiger partial charge in [0.15, 0.2) is 5.78 Å². The van der Waals surface area contributed by atoms with E-state index in [2.05, 4.69) is 10.9 Å². The number of nitrogens with one attached hydrogen (secondary N) is 2. The first-order valence-corrected chi connectivity index (χ1v) is 6.08. The predicted octanol–water partition coefficient (Wildman–Crippen LogP) is -1.41. The van der Waals surface area contributed by atoms with E-state index in [-0.39, 0.29) is 6.54 Å². The zero-order valence-corrected chi connectivity index (χ0v) is 11.0. The van der Waals surface area contributed by atoms with E-state index < -0.39 is 30.0 Å². The molecule has 0 bridgehead atoms. The van der Waals surface area contributed by atoms with Crippen LogP contribution in [0.25, 0.3) is 0 Å². The third-order valence-electron chi connectivity index (χ3n) is 2.65. The number of carbonyl (C=O) groups excluding carboxylic acids is 2. The van der Waals surface area contributed by atoms with Crippen LogP contribution in [0.15, 0.2) is 30.3 Å². The molecule has 0 heterocycles. The van der Waals surface area contributed by atoms with Gasteiger partial charge in [0.25, 0.3) is 5.91 Å². The zero-order valence-electron chi connectivity index (χ0n) is 11.0. The van der Waals surface area contributed by atoms with Crippen molar-refractivity contribution < 1.29 is 24.9 Å². The lowest BCUT2D eigenvalue weighted by molar-refractivity contribution is -0.136. The number of hydrazine groups is 1. The van der Waals surface area contributed by atoms with Crippen molar-refractivity contribution in [2.75, 3.05) is 6.54 Å². The second-order valence-corrected chi connectivity index (χ2v) is 4.32. The minimum atomic E-state index is -1.71. The molecule has 0 fully saturated rings. The number of Topliss-reactive ketones (excluding diaryl/α,β-unsaturated/α-hetero) is 1. The topological polar surface area (TPSA) is 119 Å². The minimum Gasteiger partial charge on any atom is -0.391 e. The number of rotatable bonds is 7. The molecular weight excluding hydrogens is 264 g/mol. The van der Waals surface area contributed by atoms with Gasteiger partial charge in [0, 0.05) is 5.56 Å². The normalized spacial score (nSPS) is 15.2. The summed E-state index contributed by atoms with van der Waals surface area (Å²) < 4.78 is 0. The summed E-state index contributed by atoms with van der Waals surface area (Å²) >= 11 is 0. The molecule has 0 radical (unpaired) electrons. The smallest absolute Gasteiger partial charge is 0.265 e. The third-order valence-corrected chi connectivity index (χ3v) is 2.65. The van der Waals surface area contributed by atoms with E-state index >= 15 is 0 Å². The van der Waals surface area contributed by atoms with Crippen molar-refractivity contribution in [1.29, 1.82) is 0 Å². The van der Waals surface area contributed by atoms with Gasteiger partial charge in [0.2, 0.25) is 0 Å². The van der Waals surface area contributed by atoms with Crippen LogP contribution in [0.5, 0.6) is 0 Å². The molecule has 0 saturated heterocycles. The van der Waals surface area contributed by atoms with Crippen LogP contribution in [0, 0.1) is 0 Å². The summed E-state index contributed by atoms with van der Waals surface area (Å²) in [5.74, 6) is -1.17. The lowest BCUT2D eigenvalue weighted by atomic mass is 10.1. The third kappa shape index (κ3) is 4.71. The van der Waals surface area contributed by atoms with E-state index in [1.54, 1.807) is 30.3 Å². The first-order valence-electron chi connectivity index (χ1n) is 6.08. The van der Waals surface area contributed by atoms with Gasteiger partial charge in [-0.25, -0.2) is 5.43 Å². The number of amides is 1. The minimum absolute atomic E-state index is 0.372. The molecule has 0 spiro atoms. The molecule has 1 aromatic rings. The van der Waals surface area contributed by atoms with Crippen molar-refractivity contribution in [1.82, 2.24) is 10.9 Å². The van der Waals surface area contributed by atoms with E-state index in [0.717, 1.165) is 0 Å². The van der Waals surface area contributed by atoms with E-state index in [1.165, 1.54) is 6.92 Å². The number of carbonyl (C=O) groups is 2. The van der Waals surface area contributed by atoms with Crippen molar-refractivity contribution in [3.05, 3.63) is 35.9 Å². The highest BCUT2D eigenvalue weighted by Gasteiger charge is 2.27. The molecular formula is C13H18N2O5. The summed E-state index contributed by atoms with van der Waals surface area (Å²) in [6.07, 6.45) is -4.50. The standard InChI is InChI=1S/C13H18N2O5/c1-8(16)11(18)12(19)10(17)7-14-15-13(20)9-5-3-2-4-6-9/h2-6,8,11-12,14,16,18-19H,7H2,1H3,(H,15,20)/t8-,11-,12-/m1/s1. The van der Waals surface area contributed by atoms with Crippen LogP contribution in [0.4, 0.5) is 0 Å². The fourth-order valence-electron chi connectivity index (χ4n) is 1.43. The molecule has 20 heavy (non-hydrogen) atoms. The average Bonchev–Trinajstić information content (AvgIpc) is 2.46. The molecule has 0 unspecified atom stereocenters. The molecule has 0 aliphatic heterocycles. The number of aliphatic hydroxyl groups is 3. The van der Waals surface area contributed by atoms with E-state index in [9.17, 15) is 19.8 Å². The van der Waals surface area contributed by atoms with E-state index in [1.807, 2.05) is 0 Å². The van der Waals surface area contributed by atoms with Crippen molar-refractivity contribution in [2.24, 2.45) is 0 Å². The Hall–Kier alpha value is -1.80. The quantitative estimate of drug-likeness (QED) is 0.392. The Bertz CT molecular complexity index is 449. The number of benzene rings is 1. The highest BCUT2D eigenvalue weighted by molar-refractivity contribution is 5.94. The van der Waals surface area contributed by atoms with Crippen molar-refractivity contribution in [3.8, 4) is 0 Å². The Balaban J connectivity index is 2.37. The predicted molar refractivity (Wildman–Crippen MR) is 70.6 cm³/mol. The van der Waals surface area contributed by atoms with Gasteiger partial charge in [-0.3, -0.25) is 15.0 Å². The largest absolute Gasteiger partial charge is 0.391 e. The molecule has 1 rings (SSSR count). The average molecular weight is 282 g/mol. The fraction of sp³-hybridized carbons (Fsp3) is 0.385. The summed E-state index contributed by atoms with van der Waals surface area (Å²) in [5, 5.41) is 27.8. The van der Waals surface area contributed by atoms with Crippen molar-refractivity contribution in [2.45, 2.75) is 25.2 Å². The van der Waals surface area contributed by atoms with E-state index in [4.69, 9.17) is 5.11 Å². The second kappa shape index (κ2) is 7.71. The van der Waals surface area contributed by atoms with Crippen LogP contribution in [-0.4, -0.2) is 51.9 Å². The van der Waals surface area contributed by atoms with Gasteiger partial charge in [-0.15, -0.1) is 0 Å². The molecule has 0 saturated carbocycles. The molecule has 7 heteroatoms. The molecule has 1 amide bonds.